The van der Waals surface area contributed by atoms with Crippen LogP contribution >= 0.6 is 46.5 Å². The summed E-state index contributed by atoms with van der Waals surface area (Å²) in [6, 6.07) is 8.08. The first kappa shape index (κ1) is 25.6. The van der Waals surface area contributed by atoms with Gasteiger partial charge in [0.15, 0.2) is 0 Å². The molecular formula is C22H23Cl2FN4O2S2. The highest BCUT2D eigenvalue weighted by Crippen LogP contribution is 2.37. The number of aromatic nitrogens is 1. The fourth-order valence-corrected chi connectivity index (χ4v) is 4.53. The van der Waals surface area contributed by atoms with Crippen LogP contribution in [-0.2, 0) is 11.2 Å². The molecule has 0 bridgehead atoms. The number of halogens is 3. The van der Waals surface area contributed by atoms with E-state index in [1.54, 1.807) is 24.7 Å². The zero-order valence-electron chi connectivity index (χ0n) is 17.8. The van der Waals surface area contributed by atoms with Crippen molar-refractivity contribution in [2.24, 2.45) is 0 Å². The van der Waals surface area contributed by atoms with E-state index >= 15 is 0 Å². The molecule has 0 aliphatic carbocycles. The van der Waals surface area contributed by atoms with Gasteiger partial charge in [-0.2, -0.15) is 0 Å². The molecule has 0 saturated carbocycles. The van der Waals surface area contributed by atoms with Crippen molar-refractivity contribution in [3.05, 3.63) is 62.6 Å². The molecule has 1 heterocycles. The van der Waals surface area contributed by atoms with Crippen molar-refractivity contribution in [2.45, 2.75) is 24.2 Å². The minimum Gasteiger partial charge on any atom is -0.455 e. The van der Waals surface area contributed by atoms with Gasteiger partial charge in [-0.3, -0.25) is 4.79 Å². The third-order valence-corrected chi connectivity index (χ3v) is 6.49. The van der Waals surface area contributed by atoms with E-state index in [2.05, 4.69) is 20.3 Å². The highest BCUT2D eigenvalue weighted by Gasteiger charge is 2.14. The topological polar surface area (TPSA) is 75.3 Å². The van der Waals surface area contributed by atoms with Gasteiger partial charge in [-0.1, -0.05) is 23.2 Å². The van der Waals surface area contributed by atoms with Crippen molar-refractivity contribution in [1.82, 2.24) is 15.6 Å². The molecule has 3 N–H and O–H groups in total. The molecule has 1 aromatic heterocycles. The van der Waals surface area contributed by atoms with Gasteiger partial charge >= 0.3 is 0 Å². The predicted octanol–water partition coefficient (Wildman–Crippen LogP) is 6.16. The Bertz CT molecular complexity index is 1070. The molecule has 1 amide bonds. The SMILES string of the molecule is CNC(=O)CCNCCCc1cc(Cl)ccc1Oc1cc(F)c(SNc2cscn2)cc1Cl. The molecule has 0 atom stereocenters. The van der Waals surface area contributed by atoms with Gasteiger partial charge in [-0.25, -0.2) is 9.37 Å². The summed E-state index contributed by atoms with van der Waals surface area (Å²) in [6.07, 6.45) is 1.93. The Balaban J connectivity index is 1.61. The summed E-state index contributed by atoms with van der Waals surface area (Å²) in [5.41, 5.74) is 2.57. The normalized spacial score (nSPS) is 10.8. The van der Waals surface area contributed by atoms with Gasteiger partial charge in [-0.15, -0.1) is 11.3 Å². The van der Waals surface area contributed by atoms with Gasteiger partial charge in [-0.05, 0) is 61.2 Å². The number of nitrogens with one attached hydrogen (secondary N) is 3. The Labute approximate surface area is 210 Å². The van der Waals surface area contributed by atoms with Crippen molar-refractivity contribution >= 4 is 58.2 Å². The number of hydrogen-bond acceptors (Lipinski definition) is 7. The highest BCUT2D eigenvalue weighted by molar-refractivity contribution is 8.00. The summed E-state index contributed by atoms with van der Waals surface area (Å²) < 4.78 is 23.6. The molecule has 3 rings (SSSR count). The molecule has 0 radical (unpaired) electrons. The molecule has 11 heteroatoms. The van der Waals surface area contributed by atoms with E-state index < -0.39 is 5.82 Å². The first-order valence-corrected chi connectivity index (χ1v) is 12.7. The largest absolute Gasteiger partial charge is 0.455 e. The second-order valence-electron chi connectivity index (χ2n) is 6.92. The molecule has 0 spiro atoms. The van der Waals surface area contributed by atoms with Crippen LogP contribution in [0.4, 0.5) is 10.2 Å². The number of thiazole rings is 1. The van der Waals surface area contributed by atoms with E-state index in [0.29, 0.717) is 40.9 Å². The Morgan fingerprint density at radius 2 is 2.06 bits per heavy atom. The second kappa shape index (κ2) is 13.0. The maximum absolute atomic E-state index is 14.7. The van der Waals surface area contributed by atoms with Crippen LogP contribution in [0.15, 0.2) is 46.1 Å². The van der Waals surface area contributed by atoms with Crippen LogP contribution in [0.3, 0.4) is 0 Å². The Morgan fingerprint density at radius 1 is 1.21 bits per heavy atom. The van der Waals surface area contributed by atoms with Crippen LogP contribution in [0.2, 0.25) is 10.0 Å². The van der Waals surface area contributed by atoms with E-state index in [9.17, 15) is 9.18 Å². The fraction of sp³-hybridized carbons (Fsp3) is 0.273. The highest BCUT2D eigenvalue weighted by atomic mass is 35.5. The summed E-state index contributed by atoms with van der Waals surface area (Å²) in [5, 5.41) is 8.52. The Morgan fingerprint density at radius 3 is 2.82 bits per heavy atom. The lowest BCUT2D eigenvalue weighted by Crippen LogP contribution is -2.25. The number of amides is 1. The van der Waals surface area contributed by atoms with Gasteiger partial charge in [0.2, 0.25) is 5.91 Å². The van der Waals surface area contributed by atoms with Crippen LogP contribution in [0, 0.1) is 5.82 Å². The zero-order valence-corrected chi connectivity index (χ0v) is 20.9. The number of nitrogens with zero attached hydrogens (tertiary/aromatic N) is 1. The number of carbonyl (C=O) groups is 1. The van der Waals surface area contributed by atoms with Crippen LogP contribution < -0.4 is 20.1 Å². The van der Waals surface area contributed by atoms with E-state index in [1.165, 1.54) is 23.5 Å². The van der Waals surface area contributed by atoms with E-state index in [-0.39, 0.29) is 16.7 Å². The molecule has 3 aromatic rings. The van der Waals surface area contributed by atoms with Crippen molar-refractivity contribution in [2.75, 3.05) is 24.9 Å². The number of rotatable bonds is 12. The predicted molar refractivity (Wildman–Crippen MR) is 134 cm³/mol. The monoisotopic (exact) mass is 528 g/mol. The molecule has 0 aliphatic rings. The molecule has 176 valence electrons. The molecule has 0 fully saturated rings. The standard InChI is InChI=1S/C22H23Cl2FN4O2S2/c1-26-22(30)6-8-27-7-2-3-14-9-15(23)4-5-18(14)31-19-11-17(25)20(10-16(19)24)33-29-21-12-32-13-28-21/h4-5,9-13,27,29H,2-3,6-8H2,1H3,(H,26,30). The minimum absolute atomic E-state index is 0.000434. The van der Waals surface area contributed by atoms with Gasteiger partial charge < -0.3 is 20.1 Å². The molecule has 33 heavy (non-hydrogen) atoms. The van der Waals surface area contributed by atoms with Gasteiger partial charge in [0, 0.05) is 36.5 Å². The van der Waals surface area contributed by atoms with Crippen LogP contribution in [0.1, 0.15) is 18.4 Å². The summed E-state index contributed by atoms with van der Waals surface area (Å²) in [7, 11) is 1.62. The summed E-state index contributed by atoms with van der Waals surface area (Å²) in [6.45, 7) is 1.34. The zero-order chi connectivity index (χ0) is 23.6. The lowest BCUT2D eigenvalue weighted by molar-refractivity contribution is -0.120. The van der Waals surface area contributed by atoms with Crippen molar-refractivity contribution in [3.8, 4) is 11.5 Å². The van der Waals surface area contributed by atoms with Crippen molar-refractivity contribution < 1.29 is 13.9 Å². The van der Waals surface area contributed by atoms with Gasteiger partial charge in [0.05, 0.1) is 15.4 Å². The van der Waals surface area contributed by atoms with Gasteiger partial charge in [0.1, 0.15) is 23.1 Å². The average molecular weight is 529 g/mol. The van der Waals surface area contributed by atoms with Gasteiger partial charge in [0.25, 0.3) is 0 Å². The van der Waals surface area contributed by atoms with Crippen LogP contribution in [0.25, 0.3) is 0 Å². The third-order valence-electron chi connectivity index (χ3n) is 4.53. The van der Waals surface area contributed by atoms with Crippen LogP contribution in [0.5, 0.6) is 11.5 Å². The second-order valence-corrected chi connectivity index (χ2v) is 9.33. The number of anilines is 1. The quantitative estimate of drug-likeness (QED) is 0.193. The van der Waals surface area contributed by atoms with E-state index in [4.69, 9.17) is 27.9 Å². The van der Waals surface area contributed by atoms with E-state index in [0.717, 1.165) is 30.5 Å². The maximum atomic E-state index is 14.7. The smallest absolute Gasteiger partial charge is 0.221 e. The number of carbonyl (C=O) groups excluding carboxylic acids is 1. The van der Waals surface area contributed by atoms with Crippen LogP contribution in [-0.4, -0.2) is 31.0 Å². The Kier molecular flexibility index (Phi) is 10.1. The van der Waals surface area contributed by atoms with Crippen molar-refractivity contribution in [3.63, 3.8) is 0 Å². The number of hydrogen-bond donors (Lipinski definition) is 3. The number of aryl methyl sites for hydroxylation is 1. The molecule has 0 unspecified atom stereocenters. The summed E-state index contributed by atoms with van der Waals surface area (Å²) in [4.78, 5) is 15.7. The van der Waals surface area contributed by atoms with Crippen molar-refractivity contribution in [1.29, 1.82) is 0 Å². The molecule has 0 aliphatic heterocycles. The molecule has 0 saturated heterocycles. The molecular weight excluding hydrogens is 506 g/mol. The fourth-order valence-electron chi connectivity index (χ4n) is 2.85. The third kappa shape index (κ3) is 8.04. The number of ether oxygens (including phenoxy) is 1. The first-order valence-electron chi connectivity index (χ1n) is 10.1. The maximum Gasteiger partial charge on any atom is 0.221 e. The Hall–Kier alpha value is -2.04. The molecule has 2 aromatic carbocycles. The summed E-state index contributed by atoms with van der Waals surface area (Å²) in [5.74, 6) is 0.972. The lowest BCUT2D eigenvalue weighted by Gasteiger charge is -2.14. The average Bonchev–Trinajstić information content (AvgIpc) is 3.32. The molecule has 6 nitrogen and oxygen atoms in total. The lowest BCUT2D eigenvalue weighted by atomic mass is 10.1. The number of benzene rings is 2. The first-order chi connectivity index (χ1) is 16.0. The van der Waals surface area contributed by atoms with E-state index in [1.807, 2.05) is 11.4 Å². The summed E-state index contributed by atoms with van der Waals surface area (Å²) >= 11 is 15.1. The minimum atomic E-state index is -0.460.